The molecule has 1 heterocycles. The van der Waals surface area contributed by atoms with Gasteiger partial charge in [0.1, 0.15) is 5.69 Å². The molecule has 3 rings (SSSR count). The molecule has 0 bridgehead atoms. The molecule has 5 heteroatoms. The van der Waals surface area contributed by atoms with Crippen LogP contribution < -0.4 is 10.6 Å². The van der Waals surface area contributed by atoms with Crippen LogP contribution in [-0.4, -0.2) is 22.8 Å². The first-order valence-electron chi connectivity index (χ1n) is 9.18. The lowest BCUT2D eigenvalue weighted by Gasteiger charge is -2.22. The fourth-order valence-corrected chi connectivity index (χ4v) is 3.35. The number of nitrogens with zero attached hydrogens (tertiary/aromatic N) is 1. The molecule has 2 aromatic rings. The Bertz CT molecular complexity index is 811. The maximum Gasteiger partial charge on any atom is 0.270 e. The molecule has 0 unspecified atom stereocenters. The van der Waals surface area contributed by atoms with Crippen molar-refractivity contribution in [3.05, 3.63) is 58.9 Å². The average Bonchev–Trinajstić information content (AvgIpc) is 2.65. The zero-order valence-corrected chi connectivity index (χ0v) is 15.3. The Morgan fingerprint density at radius 3 is 2.50 bits per heavy atom. The van der Waals surface area contributed by atoms with Crippen molar-refractivity contribution in [3.8, 4) is 0 Å². The normalized spacial score (nSPS) is 14.7. The SMILES string of the molecule is Cc1ccc(NC(=O)c2ccnc(C(=O)NC3CCCCC3)c2)c(C)c1. The van der Waals surface area contributed by atoms with Crippen molar-refractivity contribution in [2.45, 2.75) is 52.0 Å². The molecule has 1 aliphatic rings. The van der Waals surface area contributed by atoms with Gasteiger partial charge in [-0.3, -0.25) is 14.6 Å². The fraction of sp³-hybridized carbons (Fsp3) is 0.381. The van der Waals surface area contributed by atoms with Crippen molar-refractivity contribution in [2.75, 3.05) is 5.32 Å². The van der Waals surface area contributed by atoms with E-state index in [1.165, 1.54) is 12.6 Å². The van der Waals surface area contributed by atoms with Crippen molar-refractivity contribution in [2.24, 2.45) is 0 Å². The van der Waals surface area contributed by atoms with Crippen molar-refractivity contribution < 1.29 is 9.59 Å². The van der Waals surface area contributed by atoms with Gasteiger partial charge in [0.2, 0.25) is 0 Å². The molecular weight excluding hydrogens is 326 g/mol. The van der Waals surface area contributed by atoms with E-state index in [0.717, 1.165) is 42.5 Å². The molecule has 1 fully saturated rings. The van der Waals surface area contributed by atoms with Crippen LogP contribution in [0.1, 0.15) is 64.1 Å². The maximum atomic E-state index is 12.5. The molecule has 1 aromatic heterocycles. The summed E-state index contributed by atoms with van der Waals surface area (Å²) >= 11 is 0. The van der Waals surface area contributed by atoms with Gasteiger partial charge in [0.25, 0.3) is 11.8 Å². The number of aryl methyl sites for hydroxylation is 2. The van der Waals surface area contributed by atoms with E-state index in [4.69, 9.17) is 0 Å². The molecule has 26 heavy (non-hydrogen) atoms. The average molecular weight is 351 g/mol. The Morgan fingerprint density at radius 2 is 1.77 bits per heavy atom. The Kier molecular flexibility index (Phi) is 5.66. The van der Waals surface area contributed by atoms with E-state index in [1.807, 2.05) is 32.0 Å². The molecule has 0 spiro atoms. The Hall–Kier alpha value is -2.69. The van der Waals surface area contributed by atoms with Crippen molar-refractivity contribution in [1.29, 1.82) is 0 Å². The molecule has 1 aliphatic carbocycles. The number of aromatic nitrogens is 1. The minimum absolute atomic E-state index is 0.210. The van der Waals surface area contributed by atoms with Crippen molar-refractivity contribution in [1.82, 2.24) is 10.3 Å². The highest BCUT2D eigenvalue weighted by Gasteiger charge is 2.18. The highest BCUT2D eigenvalue weighted by molar-refractivity contribution is 6.06. The number of carbonyl (C=O) groups is 2. The second-order valence-electron chi connectivity index (χ2n) is 7.01. The van der Waals surface area contributed by atoms with E-state index in [9.17, 15) is 9.59 Å². The van der Waals surface area contributed by atoms with Crippen LogP contribution in [0.25, 0.3) is 0 Å². The summed E-state index contributed by atoms with van der Waals surface area (Å²) in [4.78, 5) is 29.1. The van der Waals surface area contributed by atoms with Gasteiger partial charge in [-0.05, 0) is 50.5 Å². The van der Waals surface area contributed by atoms with Crippen molar-refractivity contribution >= 4 is 17.5 Å². The van der Waals surface area contributed by atoms with Crippen LogP contribution >= 0.6 is 0 Å². The molecule has 0 saturated heterocycles. The topological polar surface area (TPSA) is 71.1 Å². The summed E-state index contributed by atoms with van der Waals surface area (Å²) in [5, 5.41) is 5.94. The molecule has 0 radical (unpaired) electrons. The number of benzene rings is 1. The predicted molar refractivity (Wildman–Crippen MR) is 102 cm³/mol. The van der Waals surface area contributed by atoms with Gasteiger partial charge in [0, 0.05) is 23.5 Å². The molecule has 1 aromatic carbocycles. The summed E-state index contributed by atoms with van der Waals surface area (Å²) in [6.07, 6.45) is 7.07. The van der Waals surface area contributed by atoms with Gasteiger partial charge in [0.05, 0.1) is 0 Å². The van der Waals surface area contributed by atoms with E-state index in [1.54, 1.807) is 12.1 Å². The van der Waals surface area contributed by atoms with Crippen molar-refractivity contribution in [3.63, 3.8) is 0 Å². The summed E-state index contributed by atoms with van der Waals surface area (Å²) in [7, 11) is 0. The molecule has 0 aliphatic heterocycles. The van der Waals surface area contributed by atoms with Gasteiger partial charge >= 0.3 is 0 Å². The zero-order valence-electron chi connectivity index (χ0n) is 15.3. The van der Waals surface area contributed by atoms with Gasteiger partial charge in [-0.2, -0.15) is 0 Å². The summed E-state index contributed by atoms with van der Waals surface area (Å²) in [6, 6.07) is 9.25. The highest BCUT2D eigenvalue weighted by atomic mass is 16.2. The van der Waals surface area contributed by atoms with Crippen LogP contribution in [-0.2, 0) is 0 Å². The minimum Gasteiger partial charge on any atom is -0.348 e. The highest BCUT2D eigenvalue weighted by Crippen LogP contribution is 2.19. The van der Waals surface area contributed by atoms with E-state index in [2.05, 4.69) is 15.6 Å². The van der Waals surface area contributed by atoms with E-state index < -0.39 is 0 Å². The number of carbonyl (C=O) groups excluding carboxylic acids is 2. The van der Waals surface area contributed by atoms with Crippen LogP contribution in [0, 0.1) is 13.8 Å². The third-order valence-corrected chi connectivity index (χ3v) is 4.83. The van der Waals surface area contributed by atoms with Crippen LogP contribution in [0.2, 0.25) is 0 Å². The van der Waals surface area contributed by atoms with E-state index in [-0.39, 0.29) is 23.6 Å². The number of hydrogen-bond acceptors (Lipinski definition) is 3. The number of hydrogen-bond donors (Lipinski definition) is 2. The van der Waals surface area contributed by atoms with Gasteiger partial charge in [0.15, 0.2) is 0 Å². The maximum absolute atomic E-state index is 12.5. The Morgan fingerprint density at radius 1 is 1.00 bits per heavy atom. The quantitative estimate of drug-likeness (QED) is 0.874. The predicted octanol–water partition coefficient (Wildman–Crippen LogP) is 4.01. The summed E-state index contributed by atoms with van der Waals surface area (Å²) < 4.78 is 0. The Balaban J connectivity index is 1.69. The summed E-state index contributed by atoms with van der Waals surface area (Å²) in [5.41, 5.74) is 3.62. The van der Waals surface area contributed by atoms with Gasteiger partial charge in [-0.15, -0.1) is 0 Å². The summed E-state index contributed by atoms with van der Waals surface area (Å²) in [6.45, 7) is 3.97. The molecule has 2 amide bonds. The molecular formula is C21H25N3O2. The molecule has 1 saturated carbocycles. The first-order valence-corrected chi connectivity index (χ1v) is 9.18. The first kappa shape index (κ1) is 18.1. The van der Waals surface area contributed by atoms with E-state index >= 15 is 0 Å². The zero-order chi connectivity index (χ0) is 18.5. The monoisotopic (exact) mass is 351 g/mol. The number of nitrogens with one attached hydrogen (secondary N) is 2. The second kappa shape index (κ2) is 8.13. The lowest BCUT2D eigenvalue weighted by Crippen LogP contribution is -2.36. The van der Waals surface area contributed by atoms with Crippen LogP contribution in [0.5, 0.6) is 0 Å². The van der Waals surface area contributed by atoms with Gasteiger partial charge in [-0.1, -0.05) is 37.0 Å². The fourth-order valence-electron chi connectivity index (χ4n) is 3.35. The molecule has 136 valence electrons. The van der Waals surface area contributed by atoms with E-state index in [0.29, 0.717) is 5.56 Å². The lowest BCUT2D eigenvalue weighted by molar-refractivity contribution is 0.0922. The van der Waals surface area contributed by atoms with Crippen LogP contribution in [0.4, 0.5) is 5.69 Å². The second-order valence-corrected chi connectivity index (χ2v) is 7.01. The Labute approximate surface area is 154 Å². The lowest BCUT2D eigenvalue weighted by atomic mass is 9.95. The standard InChI is InChI=1S/C21H25N3O2/c1-14-8-9-18(15(2)12-14)24-20(25)16-10-11-22-19(13-16)21(26)23-17-6-4-3-5-7-17/h8-13,17H,3-7H2,1-2H3,(H,23,26)(H,24,25). The molecule has 0 atom stereocenters. The van der Waals surface area contributed by atoms with Gasteiger partial charge < -0.3 is 10.6 Å². The largest absolute Gasteiger partial charge is 0.348 e. The summed E-state index contributed by atoms with van der Waals surface area (Å²) in [5.74, 6) is -0.455. The van der Waals surface area contributed by atoms with Crippen LogP contribution in [0.15, 0.2) is 36.5 Å². The number of anilines is 1. The third-order valence-electron chi connectivity index (χ3n) is 4.83. The molecule has 5 nitrogen and oxygen atoms in total. The van der Waals surface area contributed by atoms with Crippen LogP contribution in [0.3, 0.4) is 0 Å². The molecule has 2 N–H and O–H groups in total. The smallest absolute Gasteiger partial charge is 0.270 e. The third kappa shape index (κ3) is 4.48. The van der Waals surface area contributed by atoms with Gasteiger partial charge in [-0.25, -0.2) is 0 Å². The number of rotatable bonds is 4. The number of pyridine rings is 1. The minimum atomic E-state index is -0.244. The first-order chi connectivity index (χ1) is 12.5. The number of amides is 2.